The number of hydroxylamine groups is 2. The molecule has 0 saturated heterocycles. The third-order valence-electron chi connectivity index (χ3n) is 3.15. The molecule has 0 aliphatic heterocycles. The Labute approximate surface area is 114 Å². The van der Waals surface area contributed by atoms with Crippen molar-refractivity contribution in [3.05, 3.63) is 12.7 Å². The third kappa shape index (κ3) is 3.70. The van der Waals surface area contributed by atoms with Gasteiger partial charge in [0.1, 0.15) is 5.54 Å². The number of hydrogen-bond donors (Lipinski definition) is 2. The first-order valence-electron chi connectivity index (χ1n) is 6.14. The van der Waals surface area contributed by atoms with Crippen LogP contribution in [0.5, 0.6) is 0 Å². The highest BCUT2D eigenvalue weighted by molar-refractivity contribution is 5.90. The fourth-order valence-electron chi connectivity index (χ4n) is 1.97. The topological polar surface area (TPSA) is 78.9 Å². The van der Waals surface area contributed by atoms with E-state index in [1.54, 1.807) is 27.7 Å². The minimum atomic E-state index is -1.31. The van der Waals surface area contributed by atoms with Crippen LogP contribution in [-0.2, 0) is 9.63 Å². The molecule has 0 radical (unpaired) electrons. The summed E-state index contributed by atoms with van der Waals surface area (Å²) in [6, 6.07) is 0. The molecular weight excluding hydrogens is 248 g/mol. The molecule has 1 unspecified atom stereocenters. The average molecular weight is 272 g/mol. The lowest BCUT2D eigenvalue weighted by Crippen LogP contribution is -2.65. The molecule has 2 amide bonds. The Morgan fingerprint density at radius 3 is 2.21 bits per heavy atom. The lowest BCUT2D eigenvalue weighted by atomic mass is 9.70. The predicted molar refractivity (Wildman–Crippen MR) is 72.6 cm³/mol. The molecule has 0 rings (SSSR count). The van der Waals surface area contributed by atoms with Crippen LogP contribution in [0.15, 0.2) is 12.7 Å². The zero-order valence-corrected chi connectivity index (χ0v) is 12.3. The van der Waals surface area contributed by atoms with E-state index in [0.29, 0.717) is 6.54 Å². The van der Waals surface area contributed by atoms with E-state index in [1.807, 2.05) is 0 Å². The minimum Gasteiger partial charge on any atom is -0.465 e. The zero-order valence-electron chi connectivity index (χ0n) is 12.3. The number of carbonyl (C=O) groups is 2. The standard InChI is InChI=1S/C13H24N2O4/c1-7-9-13(12(3,4)5,14-11(17)18)10(16)15(8-2)19-6/h7,14H,1,8-9H2,2-6H3,(H,17,18). The molecule has 6 heteroatoms. The smallest absolute Gasteiger partial charge is 0.405 e. The molecule has 6 nitrogen and oxygen atoms in total. The summed E-state index contributed by atoms with van der Waals surface area (Å²) in [5.41, 5.74) is -1.95. The maximum Gasteiger partial charge on any atom is 0.405 e. The monoisotopic (exact) mass is 272 g/mol. The maximum absolute atomic E-state index is 12.6. The first-order chi connectivity index (χ1) is 8.66. The van der Waals surface area contributed by atoms with E-state index in [0.717, 1.165) is 5.06 Å². The van der Waals surface area contributed by atoms with Crippen LogP contribution in [0, 0.1) is 5.41 Å². The molecule has 0 aliphatic rings. The highest BCUT2D eigenvalue weighted by Crippen LogP contribution is 2.35. The first kappa shape index (κ1) is 17.4. The van der Waals surface area contributed by atoms with Crippen molar-refractivity contribution in [3.8, 4) is 0 Å². The Bertz CT molecular complexity index is 345. The van der Waals surface area contributed by atoms with Crippen LogP contribution < -0.4 is 5.32 Å². The van der Waals surface area contributed by atoms with Gasteiger partial charge in [0.2, 0.25) is 0 Å². The average Bonchev–Trinajstić information content (AvgIpc) is 2.27. The highest BCUT2D eigenvalue weighted by atomic mass is 16.7. The van der Waals surface area contributed by atoms with E-state index < -0.39 is 23.0 Å². The Hall–Kier alpha value is -1.56. The SMILES string of the molecule is C=CCC(NC(=O)O)(C(=O)N(CC)OC)C(C)(C)C. The van der Waals surface area contributed by atoms with Gasteiger partial charge in [-0.2, -0.15) is 0 Å². The normalized spacial score (nSPS) is 14.4. The van der Waals surface area contributed by atoms with Crippen LogP contribution in [0.3, 0.4) is 0 Å². The fourth-order valence-corrected chi connectivity index (χ4v) is 1.97. The van der Waals surface area contributed by atoms with Gasteiger partial charge >= 0.3 is 6.09 Å². The van der Waals surface area contributed by atoms with E-state index in [9.17, 15) is 9.59 Å². The van der Waals surface area contributed by atoms with Crippen LogP contribution in [0.4, 0.5) is 4.79 Å². The second-order valence-electron chi connectivity index (χ2n) is 5.26. The second kappa shape index (κ2) is 6.56. The van der Waals surface area contributed by atoms with Gasteiger partial charge in [0, 0.05) is 6.54 Å². The van der Waals surface area contributed by atoms with Gasteiger partial charge in [-0.25, -0.2) is 9.86 Å². The van der Waals surface area contributed by atoms with Gasteiger partial charge in [0.25, 0.3) is 5.91 Å². The van der Waals surface area contributed by atoms with Gasteiger partial charge < -0.3 is 10.4 Å². The van der Waals surface area contributed by atoms with E-state index >= 15 is 0 Å². The van der Waals surface area contributed by atoms with Crippen molar-refractivity contribution in [1.82, 2.24) is 10.4 Å². The van der Waals surface area contributed by atoms with E-state index in [4.69, 9.17) is 9.94 Å². The molecule has 2 N–H and O–H groups in total. The quantitative estimate of drug-likeness (QED) is 0.573. The van der Waals surface area contributed by atoms with Crippen LogP contribution in [-0.4, -0.2) is 41.4 Å². The summed E-state index contributed by atoms with van der Waals surface area (Å²) in [5.74, 6) is -0.424. The van der Waals surface area contributed by atoms with Gasteiger partial charge in [-0.1, -0.05) is 26.8 Å². The molecule has 1 atom stereocenters. The van der Waals surface area contributed by atoms with Gasteiger partial charge in [-0.3, -0.25) is 9.63 Å². The molecule has 0 aromatic rings. The van der Waals surface area contributed by atoms with Crippen LogP contribution in [0.25, 0.3) is 0 Å². The molecule has 19 heavy (non-hydrogen) atoms. The van der Waals surface area contributed by atoms with Gasteiger partial charge in [0.15, 0.2) is 0 Å². The molecule has 0 aliphatic carbocycles. The van der Waals surface area contributed by atoms with E-state index in [-0.39, 0.29) is 6.42 Å². The van der Waals surface area contributed by atoms with Crippen molar-refractivity contribution < 1.29 is 19.5 Å². The molecule has 0 aromatic carbocycles. The molecule has 0 bridgehead atoms. The first-order valence-corrected chi connectivity index (χ1v) is 6.14. The fraction of sp³-hybridized carbons (Fsp3) is 0.692. The summed E-state index contributed by atoms with van der Waals surface area (Å²) in [5, 5.41) is 12.6. The molecule has 0 heterocycles. The van der Waals surface area contributed by atoms with Crippen molar-refractivity contribution in [2.24, 2.45) is 5.41 Å². The van der Waals surface area contributed by atoms with Crippen molar-refractivity contribution in [3.63, 3.8) is 0 Å². The molecule has 0 saturated carbocycles. The number of carbonyl (C=O) groups excluding carboxylic acids is 1. The Balaban J connectivity index is 5.75. The molecule has 0 spiro atoms. The predicted octanol–water partition coefficient (Wildman–Crippen LogP) is 2.02. The van der Waals surface area contributed by atoms with E-state index in [2.05, 4.69) is 11.9 Å². The summed E-state index contributed by atoms with van der Waals surface area (Å²) < 4.78 is 0. The van der Waals surface area contributed by atoms with Crippen molar-refractivity contribution in [2.75, 3.05) is 13.7 Å². The summed E-state index contributed by atoms with van der Waals surface area (Å²) >= 11 is 0. The lowest BCUT2D eigenvalue weighted by molar-refractivity contribution is -0.186. The molecule has 0 aromatic heterocycles. The number of nitrogens with one attached hydrogen (secondary N) is 1. The summed E-state index contributed by atoms with van der Waals surface area (Å²) in [4.78, 5) is 28.7. The number of rotatable bonds is 6. The molecular formula is C13H24N2O4. The summed E-state index contributed by atoms with van der Waals surface area (Å²) in [7, 11) is 1.38. The number of likely N-dealkylation sites (N-methyl/N-ethyl adjacent to an activating group) is 1. The van der Waals surface area contributed by atoms with Crippen molar-refractivity contribution in [1.29, 1.82) is 0 Å². The summed E-state index contributed by atoms with van der Waals surface area (Å²) in [6.45, 7) is 11.1. The van der Waals surface area contributed by atoms with Crippen LogP contribution >= 0.6 is 0 Å². The number of hydrogen-bond acceptors (Lipinski definition) is 3. The second-order valence-corrected chi connectivity index (χ2v) is 5.26. The molecule has 110 valence electrons. The van der Waals surface area contributed by atoms with Gasteiger partial charge in [-0.05, 0) is 18.8 Å². The van der Waals surface area contributed by atoms with Gasteiger partial charge in [0.05, 0.1) is 7.11 Å². The number of carboxylic acid groups (broad SMARTS) is 1. The Morgan fingerprint density at radius 2 is 1.95 bits per heavy atom. The minimum absolute atomic E-state index is 0.182. The number of nitrogens with zero attached hydrogens (tertiary/aromatic N) is 1. The zero-order chi connectivity index (χ0) is 15.3. The van der Waals surface area contributed by atoms with Crippen molar-refractivity contribution in [2.45, 2.75) is 39.7 Å². The van der Waals surface area contributed by atoms with Crippen molar-refractivity contribution >= 4 is 12.0 Å². The third-order valence-corrected chi connectivity index (χ3v) is 3.15. The largest absolute Gasteiger partial charge is 0.465 e. The highest BCUT2D eigenvalue weighted by Gasteiger charge is 2.51. The van der Waals surface area contributed by atoms with Crippen LogP contribution in [0.1, 0.15) is 34.1 Å². The Kier molecular flexibility index (Phi) is 6.02. The Morgan fingerprint density at radius 1 is 1.42 bits per heavy atom. The maximum atomic E-state index is 12.6. The molecule has 0 fully saturated rings. The summed E-state index contributed by atoms with van der Waals surface area (Å²) in [6.07, 6.45) is 0.460. The lowest BCUT2D eigenvalue weighted by Gasteiger charge is -2.44. The van der Waals surface area contributed by atoms with Crippen LogP contribution in [0.2, 0.25) is 0 Å². The van der Waals surface area contributed by atoms with Gasteiger partial charge in [-0.15, -0.1) is 6.58 Å². The number of amides is 2. The van der Waals surface area contributed by atoms with E-state index in [1.165, 1.54) is 13.2 Å².